The van der Waals surface area contributed by atoms with Gasteiger partial charge in [0.2, 0.25) is 0 Å². The van der Waals surface area contributed by atoms with Crippen LogP contribution < -0.4 is 5.32 Å². The normalized spacial score (nSPS) is 21.2. The van der Waals surface area contributed by atoms with Gasteiger partial charge in [-0.25, -0.2) is 4.37 Å². The third-order valence-corrected chi connectivity index (χ3v) is 3.05. The maximum Gasteiger partial charge on any atom is 0.253 e. The largest absolute Gasteiger partial charge is 0.376 e. The van der Waals surface area contributed by atoms with Crippen molar-refractivity contribution in [1.29, 1.82) is 0 Å². The number of amides is 1. The SMILES string of the molecule is O=C(NCC1CCCCO1)c1cnsc1. The van der Waals surface area contributed by atoms with Crippen molar-refractivity contribution in [2.75, 3.05) is 13.2 Å². The number of rotatable bonds is 3. The van der Waals surface area contributed by atoms with Crippen LogP contribution in [0.15, 0.2) is 11.6 Å². The number of hydrogen-bond acceptors (Lipinski definition) is 4. The summed E-state index contributed by atoms with van der Waals surface area (Å²) in [4.78, 5) is 11.5. The van der Waals surface area contributed by atoms with E-state index in [1.807, 2.05) is 0 Å². The van der Waals surface area contributed by atoms with E-state index in [1.165, 1.54) is 18.0 Å². The molecule has 0 radical (unpaired) electrons. The van der Waals surface area contributed by atoms with Crippen LogP contribution in [0.5, 0.6) is 0 Å². The van der Waals surface area contributed by atoms with Crippen molar-refractivity contribution in [2.45, 2.75) is 25.4 Å². The Balaban J connectivity index is 1.75. The van der Waals surface area contributed by atoms with Crippen LogP contribution in [-0.4, -0.2) is 29.5 Å². The average molecular weight is 226 g/mol. The number of nitrogens with one attached hydrogen (secondary N) is 1. The van der Waals surface area contributed by atoms with Crippen LogP contribution in [0.2, 0.25) is 0 Å². The van der Waals surface area contributed by atoms with Crippen LogP contribution in [0.3, 0.4) is 0 Å². The molecule has 1 aliphatic heterocycles. The molecule has 1 N–H and O–H groups in total. The summed E-state index contributed by atoms with van der Waals surface area (Å²) in [6.45, 7) is 1.43. The summed E-state index contributed by atoms with van der Waals surface area (Å²) in [5, 5.41) is 4.60. The fourth-order valence-corrected chi connectivity index (χ4v) is 2.11. The number of ether oxygens (including phenoxy) is 1. The lowest BCUT2D eigenvalue weighted by atomic mass is 10.1. The second-order valence-electron chi connectivity index (χ2n) is 3.61. The highest BCUT2D eigenvalue weighted by Gasteiger charge is 2.15. The van der Waals surface area contributed by atoms with Gasteiger partial charge in [-0.2, -0.15) is 0 Å². The van der Waals surface area contributed by atoms with Gasteiger partial charge in [-0.1, -0.05) is 0 Å². The minimum absolute atomic E-state index is 0.0575. The Morgan fingerprint density at radius 1 is 1.67 bits per heavy atom. The van der Waals surface area contributed by atoms with Gasteiger partial charge in [0, 0.05) is 18.5 Å². The lowest BCUT2D eigenvalue weighted by Crippen LogP contribution is -2.35. The molecule has 5 heteroatoms. The van der Waals surface area contributed by atoms with Crippen LogP contribution in [-0.2, 0) is 4.74 Å². The maximum atomic E-state index is 11.5. The van der Waals surface area contributed by atoms with Gasteiger partial charge < -0.3 is 10.1 Å². The zero-order valence-corrected chi connectivity index (χ0v) is 9.26. The first kappa shape index (κ1) is 10.6. The molecular formula is C10H14N2O2S. The van der Waals surface area contributed by atoms with Crippen LogP contribution in [0.25, 0.3) is 0 Å². The van der Waals surface area contributed by atoms with E-state index in [1.54, 1.807) is 11.6 Å². The van der Waals surface area contributed by atoms with Gasteiger partial charge >= 0.3 is 0 Å². The highest BCUT2D eigenvalue weighted by atomic mass is 32.1. The van der Waals surface area contributed by atoms with E-state index >= 15 is 0 Å². The van der Waals surface area contributed by atoms with E-state index in [-0.39, 0.29) is 12.0 Å². The molecule has 0 saturated carbocycles. The summed E-state index contributed by atoms with van der Waals surface area (Å²) in [6, 6.07) is 0. The Morgan fingerprint density at radius 2 is 2.60 bits per heavy atom. The number of carbonyl (C=O) groups excluding carboxylic acids is 1. The molecular weight excluding hydrogens is 212 g/mol. The molecule has 4 nitrogen and oxygen atoms in total. The van der Waals surface area contributed by atoms with Crippen molar-refractivity contribution >= 4 is 17.4 Å². The van der Waals surface area contributed by atoms with Crippen LogP contribution >= 0.6 is 11.5 Å². The zero-order chi connectivity index (χ0) is 10.5. The van der Waals surface area contributed by atoms with E-state index in [0.29, 0.717) is 12.1 Å². The molecule has 1 unspecified atom stereocenters. The number of hydrogen-bond donors (Lipinski definition) is 1. The fourth-order valence-electron chi connectivity index (χ4n) is 1.59. The molecule has 2 heterocycles. The second kappa shape index (κ2) is 5.23. The Hall–Kier alpha value is -0.940. The molecule has 82 valence electrons. The summed E-state index contributed by atoms with van der Waals surface area (Å²) in [5.41, 5.74) is 0.635. The summed E-state index contributed by atoms with van der Waals surface area (Å²) in [6.07, 6.45) is 5.15. The summed E-state index contributed by atoms with van der Waals surface area (Å²) in [5.74, 6) is -0.0575. The second-order valence-corrected chi connectivity index (χ2v) is 4.27. The van der Waals surface area contributed by atoms with E-state index in [4.69, 9.17) is 4.74 Å². The molecule has 1 aromatic heterocycles. The molecule has 0 aliphatic carbocycles. The first-order valence-corrected chi connectivity index (χ1v) is 5.99. The molecule has 1 aliphatic rings. The standard InChI is InChI=1S/C10H14N2O2S/c13-10(8-5-12-15-7-8)11-6-9-3-1-2-4-14-9/h5,7,9H,1-4,6H2,(H,11,13). The number of nitrogens with zero attached hydrogens (tertiary/aromatic N) is 1. The molecule has 1 aromatic rings. The summed E-state index contributed by atoms with van der Waals surface area (Å²) >= 11 is 1.29. The number of aromatic nitrogens is 1. The zero-order valence-electron chi connectivity index (χ0n) is 8.44. The molecule has 0 aromatic carbocycles. The topological polar surface area (TPSA) is 51.2 Å². The van der Waals surface area contributed by atoms with Gasteiger partial charge in [0.05, 0.1) is 17.9 Å². The van der Waals surface area contributed by atoms with Gasteiger partial charge in [0.1, 0.15) is 0 Å². The first-order valence-electron chi connectivity index (χ1n) is 5.15. The van der Waals surface area contributed by atoms with Crippen LogP contribution in [0.1, 0.15) is 29.6 Å². The minimum atomic E-state index is -0.0575. The minimum Gasteiger partial charge on any atom is -0.376 e. The van der Waals surface area contributed by atoms with Crippen molar-refractivity contribution in [1.82, 2.24) is 9.69 Å². The van der Waals surface area contributed by atoms with Crippen LogP contribution in [0, 0.1) is 0 Å². The van der Waals surface area contributed by atoms with Crippen LogP contribution in [0.4, 0.5) is 0 Å². The molecule has 2 rings (SSSR count). The summed E-state index contributed by atoms with van der Waals surface area (Å²) in [7, 11) is 0. The predicted octanol–water partition coefficient (Wildman–Crippen LogP) is 1.44. The highest BCUT2D eigenvalue weighted by molar-refractivity contribution is 7.03. The Bertz CT molecular complexity index is 307. The third kappa shape index (κ3) is 3.00. The van der Waals surface area contributed by atoms with Crippen molar-refractivity contribution in [3.63, 3.8) is 0 Å². The van der Waals surface area contributed by atoms with Gasteiger partial charge in [-0.3, -0.25) is 4.79 Å². The molecule has 1 fully saturated rings. The van der Waals surface area contributed by atoms with E-state index < -0.39 is 0 Å². The lowest BCUT2D eigenvalue weighted by molar-refractivity contribution is 0.0169. The monoisotopic (exact) mass is 226 g/mol. The highest BCUT2D eigenvalue weighted by Crippen LogP contribution is 2.11. The number of carbonyl (C=O) groups is 1. The van der Waals surface area contributed by atoms with Crippen molar-refractivity contribution < 1.29 is 9.53 Å². The maximum absolute atomic E-state index is 11.5. The molecule has 1 atom stereocenters. The van der Waals surface area contributed by atoms with Crippen molar-refractivity contribution in [3.8, 4) is 0 Å². The van der Waals surface area contributed by atoms with Gasteiger partial charge in [0.25, 0.3) is 5.91 Å². The Labute approximate surface area is 92.8 Å². The van der Waals surface area contributed by atoms with Gasteiger partial charge in [-0.05, 0) is 30.8 Å². The summed E-state index contributed by atoms with van der Waals surface area (Å²) < 4.78 is 9.41. The van der Waals surface area contributed by atoms with E-state index in [9.17, 15) is 4.79 Å². The fraction of sp³-hybridized carbons (Fsp3) is 0.600. The molecule has 1 amide bonds. The Morgan fingerprint density at radius 3 is 3.27 bits per heavy atom. The average Bonchev–Trinajstić information content (AvgIpc) is 2.81. The first-order chi connectivity index (χ1) is 7.36. The molecule has 1 saturated heterocycles. The van der Waals surface area contributed by atoms with E-state index in [0.717, 1.165) is 19.4 Å². The Kier molecular flexibility index (Phi) is 3.69. The van der Waals surface area contributed by atoms with Crippen molar-refractivity contribution in [3.05, 3.63) is 17.1 Å². The molecule has 0 bridgehead atoms. The third-order valence-electron chi connectivity index (χ3n) is 2.46. The quantitative estimate of drug-likeness (QED) is 0.848. The predicted molar refractivity (Wildman–Crippen MR) is 58.0 cm³/mol. The van der Waals surface area contributed by atoms with E-state index in [2.05, 4.69) is 9.69 Å². The smallest absolute Gasteiger partial charge is 0.253 e. The van der Waals surface area contributed by atoms with Gasteiger partial charge in [0.15, 0.2) is 0 Å². The lowest BCUT2D eigenvalue weighted by Gasteiger charge is -2.22. The van der Waals surface area contributed by atoms with Crippen molar-refractivity contribution in [2.24, 2.45) is 0 Å². The molecule has 15 heavy (non-hydrogen) atoms. The molecule has 0 spiro atoms. The van der Waals surface area contributed by atoms with Gasteiger partial charge in [-0.15, -0.1) is 0 Å².